The van der Waals surface area contributed by atoms with Gasteiger partial charge in [0.2, 0.25) is 0 Å². The predicted octanol–water partition coefficient (Wildman–Crippen LogP) is 1.47. The minimum Gasteiger partial charge on any atom is -0.489 e. The number of hydrogen-bond donors (Lipinski definition) is 1. The van der Waals surface area contributed by atoms with Gasteiger partial charge in [-0.1, -0.05) is 6.07 Å². The Morgan fingerprint density at radius 2 is 2.00 bits per heavy atom. The first-order valence-electron chi connectivity index (χ1n) is 7.15. The Hall–Kier alpha value is -1.17. The molecule has 1 aliphatic heterocycles. The van der Waals surface area contributed by atoms with E-state index in [4.69, 9.17) is 10.5 Å². The molecule has 0 radical (unpaired) electrons. The molecule has 2 rings (SSSR count). The summed E-state index contributed by atoms with van der Waals surface area (Å²) in [6.07, 6.45) is 0. The van der Waals surface area contributed by atoms with Gasteiger partial charge >= 0.3 is 0 Å². The van der Waals surface area contributed by atoms with Gasteiger partial charge in [-0.25, -0.2) is 4.39 Å². The average molecular weight is 281 g/mol. The number of benzene rings is 1. The lowest BCUT2D eigenvalue weighted by molar-refractivity contribution is 0.132. The monoisotopic (exact) mass is 281 g/mol. The van der Waals surface area contributed by atoms with Crippen LogP contribution in [0.25, 0.3) is 0 Å². The molecule has 20 heavy (non-hydrogen) atoms. The van der Waals surface area contributed by atoms with Gasteiger partial charge in [0.25, 0.3) is 0 Å². The summed E-state index contributed by atoms with van der Waals surface area (Å²) in [5, 5.41) is 0. The Labute approximate surface area is 120 Å². The van der Waals surface area contributed by atoms with Crippen LogP contribution in [0.1, 0.15) is 18.5 Å². The van der Waals surface area contributed by atoms with Gasteiger partial charge in [0.1, 0.15) is 6.61 Å². The van der Waals surface area contributed by atoms with Crippen LogP contribution in [0, 0.1) is 5.82 Å². The van der Waals surface area contributed by atoms with Gasteiger partial charge < -0.3 is 15.4 Å². The minimum absolute atomic E-state index is 0.163. The molecule has 0 aliphatic carbocycles. The van der Waals surface area contributed by atoms with Crippen molar-refractivity contribution < 1.29 is 9.13 Å². The van der Waals surface area contributed by atoms with E-state index >= 15 is 0 Å². The van der Waals surface area contributed by atoms with Crippen molar-refractivity contribution >= 4 is 0 Å². The average Bonchev–Trinajstić information content (AvgIpc) is 2.42. The largest absolute Gasteiger partial charge is 0.489 e. The van der Waals surface area contributed by atoms with E-state index in [1.54, 1.807) is 6.07 Å². The van der Waals surface area contributed by atoms with Crippen molar-refractivity contribution in [2.45, 2.75) is 13.0 Å². The number of ether oxygens (including phenoxy) is 1. The van der Waals surface area contributed by atoms with Gasteiger partial charge in [0.15, 0.2) is 11.6 Å². The van der Waals surface area contributed by atoms with Crippen molar-refractivity contribution in [3.05, 3.63) is 29.6 Å². The Morgan fingerprint density at radius 3 is 2.60 bits per heavy atom. The van der Waals surface area contributed by atoms with Gasteiger partial charge in [-0.3, -0.25) is 4.90 Å². The normalized spacial score (nSPS) is 19.0. The van der Waals surface area contributed by atoms with Crippen molar-refractivity contribution in [3.63, 3.8) is 0 Å². The Bertz CT molecular complexity index is 431. The van der Waals surface area contributed by atoms with Crippen LogP contribution in [-0.2, 0) is 0 Å². The number of nitrogens with zero attached hydrogens (tertiary/aromatic N) is 2. The molecular formula is C15H24FN3O. The molecule has 1 heterocycles. The molecule has 1 saturated heterocycles. The molecule has 0 bridgehead atoms. The maximum Gasteiger partial charge on any atom is 0.165 e. The fraction of sp³-hybridized carbons (Fsp3) is 0.600. The molecule has 0 amide bonds. The number of nitrogens with two attached hydrogens (primary N) is 1. The summed E-state index contributed by atoms with van der Waals surface area (Å²) in [6.45, 7) is 7.44. The van der Waals surface area contributed by atoms with Crippen LogP contribution >= 0.6 is 0 Å². The molecule has 2 N–H and O–H groups in total. The fourth-order valence-electron chi connectivity index (χ4n) is 2.27. The van der Waals surface area contributed by atoms with Gasteiger partial charge in [-0.2, -0.15) is 0 Å². The van der Waals surface area contributed by atoms with Crippen molar-refractivity contribution in [2.75, 3.05) is 46.4 Å². The zero-order valence-electron chi connectivity index (χ0n) is 12.3. The second-order valence-corrected chi connectivity index (χ2v) is 5.47. The molecule has 1 fully saturated rings. The SMILES string of the molecule is C[C@@H](N)c1ccc(OCCN2CCN(C)CC2)c(F)c1. The first kappa shape index (κ1) is 15.2. The zero-order valence-corrected chi connectivity index (χ0v) is 12.3. The highest BCUT2D eigenvalue weighted by molar-refractivity contribution is 5.30. The lowest BCUT2D eigenvalue weighted by Crippen LogP contribution is -2.45. The first-order chi connectivity index (χ1) is 9.56. The highest BCUT2D eigenvalue weighted by Crippen LogP contribution is 2.21. The van der Waals surface area contributed by atoms with Crippen LogP contribution in [0.2, 0.25) is 0 Å². The standard InChI is InChI=1S/C15H24FN3O/c1-12(17)13-3-4-15(14(16)11-13)20-10-9-19-7-5-18(2)6-8-19/h3-4,11-12H,5-10,17H2,1-2H3/t12-/m1/s1. The summed E-state index contributed by atoms with van der Waals surface area (Å²) in [7, 11) is 2.13. The van der Waals surface area contributed by atoms with Crippen LogP contribution in [0.4, 0.5) is 4.39 Å². The Kier molecular flexibility index (Phi) is 5.34. The van der Waals surface area contributed by atoms with E-state index in [-0.39, 0.29) is 11.9 Å². The summed E-state index contributed by atoms with van der Waals surface area (Å²) in [5.41, 5.74) is 6.51. The Balaban J connectivity index is 1.79. The summed E-state index contributed by atoms with van der Waals surface area (Å²) in [4.78, 5) is 4.65. The molecule has 0 aromatic heterocycles. The maximum atomic E-state index is 13.8. The molecule has 0 unspecified atom stereocenters. The predicted molar refractivity (Wildman–Crippen MR) is 78.4 cm³/mol. The number of likely N-dealkylation sites (N-methyl/N-ethyl adjacent to an activating group) is 1. The van der Waals surface area contributed by atoms with E-state index in [1.807, 2.05) is 13.0 Å². The third-order valence-corrected chi connectivity index (χ3v) is 3.74. The van der Waals surface area contributed by atoms with Crippen LogP contribution in [0.3, 0.4) is 0 Å². The lowest BCUT2D eigenvalue weighted by atomic mass is 10.1. The third-order valence-electron chi connectivity index (χ3n) is 3.74. The van der Waals surface area contributed by atoms with Gasteiger partial charge in [-0.15, -0.1) is 0 Å². The van der Waals surface area contributed by atoms with Crippen LogP contribution in [0.15, 0.2) is 18.2 Å². The zero-order chi connectivity index (χ0) is 14.5. The number of halogens is 1. The van der Waals surface area contributed by atoms with E-state index in [0.717, 1.165) is 38.3 Å². The summed E-state index contributed by atoms with van der Waals surface area (Å²) in [6, 6.07) is 4.77. The van der Waals surface area contributed by atoms with E-state index in [2.05, 4.69) is 16.8 Å². The summed E-state index contributed by atoms with van der Waals surface area (Å²) >= 11 is 0. The van der Waals surface area contributed by atoms with Gasteiger partial charge in [-0.05, 0) is 31.7 Å². The minimum atomic E-state index is -0.335. The van der Waals surface area contributed by atoms with Crippen molar-refractivity contribution in [2.24, 2.45) is 5.73 Å². The topological polar surface area (TPSA) is 41.7 Å². The van der Waals surface area contributed by atoms with Crippen molar-refractivity contribution in [1.82, 2.24) is 9.80 Å². The van der Waals surface area contributed by atoms with Crippen molar-refractivity contribution in [3.8, 4) is 5.75 Å². The highest BCUT2D eigenvalue weighted by Gasteiger charge is 2.14. The van der Waals surface area contributed by atoms with Crippen LogP contribution in [0.5, 0.6) is 5.75 Å². The molecule has 1 aromatic rings. The van der Waals surface area contributed by atoms with E-state index in [0.29, 0.717) is 12.4 Å². The van der Waals surface area contributed by atoms with Gasteiger partial charge in [0, 0.05) is 38.8 Å². The van der Waals surface area contributed by atoms with Crippen molar-refractivity contribution in [1.29, 1.82) is 0 Å². The number of hydrogen-bond acceptors (Lipinski definition) is 4. The molecule has 1 aromatic carbocycles. The first-order valence-corrected chi connectivity index (χ1v) is 7.15. The molecule has 5 heteroatoms. The molecular weight excluding hydrogens is 257 g/mol. The lowest BCUT2D eigenvalue weighted by Gasteiger charge is -2.32. The Morgan fingerprint density at radius 1 is 1.30 bits per heavy atom. The molecule has 112 valence electrons. The maximum absolute atomic E-state index is 13.8. The molecule has 0 spiro atoms. The van der Waals surface area contributed by atoms with Gasteiger partial charge in [0.05, 0.1) is 0 Å². The molecule has 1 atom stereocenters. The molecule has 4 nitrogen and oxygen atoms in total. The van der Waals surface area contributed by atoms with E-state index in [1.165, 1.54) is 6.07 Å². The van der Waals surface area contributed by atoms with E-state index < -0.39 is 0 Å². The number of piperazine rings is 1. The van der Waals surface area contributed by atoms with Crippen LogP contribution in [-0.4, -0.2) is 56.2 Å². The summed E-state index contributed by atoms with van der Waals surface area (Å²) < 4.78 is 19.4. The molecule has 1 aliphatic rings. The van der Waals surface area contributed by atoms with E-state index in [9.17, 15) is 4.39 Å². The molecule has 0 saturated carbocycles. The third kappa shape index (κ3) is 4.16. The number of rotatable bonds is 5. The smallest absolute Gasteiger partial charge is 0.165 e. The fourth-order valence-corrected chi connectivity index (χ4v) is 2.27. The summed E-state index contributed by atoms with van der Waals surface area (Å²) in [5.74, 6) is -0.0262. The highest BCUT2D eigenvalue weighted by atomic mass is 19.1. The van der Waals surface area contributed by atoms with Crippen LogP contribution < -0.4 is 10.5 Å². The second-order valence-electron chi connectivity index (χ2n) is 5.47. The quantitative estimate of drug-likeness (QED) is 0.887. The second kappa shape index (κ2) is 7.02.